The Labute approximate surface area is 390 Å². The van der Waals surface area contributed by atoms with Crippen LogP contribution in [0.4, 0.5) is 11.4 Å². The molecule has 5 nitrogen and oxygen atoms in total. The Bertz CT molecular complexity index is 3240. The summed E-state index contributed by atoms with van der Waals surface area (Å²) in [6, 6.07) is 65.4. The van der Waals surface area contributed by atoms with Crippen molar-refractivity contribution in [1.82, 2.24) is 9.55 Å². The minimum absolute atomic E-state index is 0.0322. The number of hydrogen-bond donors (Lipinski definition) is 0. The van der Waals surface area contributed by atoms with E-state index < -0.39 is 0 Å². The fraction of sp³-hybridized carbons (Fsp3) is 0.197. The van der Waals surface area contributed by atoms with Crippen LogP contribution in [0.5, 0.6) is 11.5 Å². The summed E-state index contributed by atoms with van der Waals surface area (Å²) in [4.78, 5) is 9.78. The molecule has 2 aromatic heterocycles. The Morgan fingerprint density at radius 1 is 0.485 bits per heavy atom. The third kappa shape index (κ3) is 8.04. The second-order valence-electron chi connectivity index (χ2n) is 20.3. The van der Waals surface area contributed by atoms with Gasteiger partial charge in [0.05, 0.1) is 23.4 Å². The molecule has 5 heteroatoms. The van der Waals surface area contributed by atoms with E-state index in [1.165, 1.54) is 33.0 Å². The normalized spacial score (nSPS) is 13.4. The van der Waals surface area contributed by atoms with Crippen molar-refractivity contribution in [2.45, 2.75) is 71.6 Å². The van der Waals surface area contributed by atoms with Crippen LogP contribution in [0, 0.1) is 0 Å². The highest BCUT2D eigenvalue weighted by Gasteiger charge is 2.29. The van der Waals surface area contributed by atoms with Gasteiger partial charge in [-0.05, 0) is 98.3 Å². The molecular weight excluding hydrogens is 805 g/mol. The van der Waals surface area contributed by atoms with Crippen LogP contribution in [0.15, 0.2) is 194 Å². The Kier molecular flexibility index (Phi) is 10.7. The van der Waals surface area contributed by atoms with Gasteiger partial charge in [-0.2, -0.15) is 0 Å². The van der Waals surface area contributed by atoms with Crippen LogP contribution in [0.3, 0.4) is 0 Å². The number of para-hydroxylation sites is 1. The molecule has 0 saturated heterocycles. The summed E-state index contributed by atoms with van der Waals surface area (Å²) in [5.74, 6) is 2.44. The molecule has 0 fully saturated rings. The maximum Gasteiger partial charge on any atom is 0.137 e. The standard InChI is InChI=1S/C61H58N4O/c1-59(2,3)46-31-32-62-57(36-46)65-54-30-19-18-29-52(54)58-53(60(4,5)6)38-51(39-55(58)65)66-50-34-44(42-21-12-9-13-22-42)33-49(37-50)63-40-56(43-23-14-10-15-24-43)64(41-63)48-28-20-27-47(35-48)61(7,8)45-25-16-11-17-26-45/h9-40H,41H2,1-8H3. The molecule has 0 radical (unpaired) electrons. The number of anilines is 2. The second kappa shape index (κ2) is 16.6. The van der Waals surface area contributed by atoms with Crippen molar-refractivity contribution in [3.05, 3.63) is 222 Å². The van der Waals surface area contributed by atoms with Gasteiger partial charge in [-0.1, -0.05) is 177 Å². The smallest absolute Gasteiger partial charge is 0.137 e. The Morgan fingerprint density at radius 2 is 1.14 bits per heavy atom. The van der Waals surface area contributed by atoms with Crippen molar-refractivity contribution in [2.24, 2.45) is 0 Å². The van der Waals surface area contributed by atoms with E-state index in [1.54, 1.807) is 0 Å². The van der Waals surface area contributed by atoms with Gasteiger partial charge < -0.3 is 14.5 Å². The molecule has 328 valence electrons. The lowest BCUT2D eigenvalue weighted by Crippen LogP contribution is -2.27. The van der Waals surface area contributed by atoms with E-state index in [4.69, 9.17) is 9.72 Å². The van der Waals surface area contributed by atoms with Gasteiger partial charge in [0.1, 0.15) is 17.3 Å². The highest BCUT2D eigenvalue weighted by molar-refractivity contribution is 6.11. The molecular formula is C61H58N4O. The number of aromatic nitrogens is 2. The molecule has 0 spiro atoms. The maximum absolute atomic E-state index is 7.17. The van der Waals surface area contributed by atoms with Crippen molar-refractivity contribution in [3.8, 4) is 28.4 Å². The first-order valence-electron chi connectivity index (χ1n) is 23.1. The summed E-state index contributed by atoms with van der Waals surface area (Å²) in [6.07, 6.45) is 4.23. The average Bonchev–Trinajstić information content (AvgIpc) is 3.92. The lowest BCUT2D eigenvalue weighted by Gasteiger charge is -2.29. The lowest BCUT2D eigenvalue weighted by atomic mass is 9.78. The van der Waals surface area contributed by atoms with Crippen LogP contribution >= 0.6 is 0 Å². The maximum atomic E-state index is 7.17. The predicted molar refractivity (Wildman–Crippen MR) is 277 cm³/mol. The molecule has 0 atom stereocenters. The molecule has 9 aromatic rings. The van der Waals surface area contributed by atoms with Crippen molar-refractivity contribution >= 4 is 38.9 Å². The van der Waals surface area contributed by atoms with Gasteiger partial charge in [0.15, 0.2) is 0 Å². The summed E-state index contributed by atoms with van der Waals surface area (Å²) in [5, 5.41) is 2.42. The van der Waals surface area contributed by atoms with E-state index in [2.05, 4.69) is 258 Å². The first kappa shape index (κ1) is 42.6. The molecule has 7 aromatic carbocycles. The molecule has 0 amide bonds. The predicted octanol–water partition coefficient (Wildman–Crippen LogP) is 15.8. The number of ether oxygens (including phenoxy) is 1. The lowest BCUT2D eigenvalue weighted by molar-refractivity contribution is 0.480. The van der Waals surface area contributed by atoms with E-state index in [9.17, 15) is 0 Å². The van der Waals surface area contributed by atoms with Crippen molar-refractivity contribution in [3.63, 3.8) is 0 Å². The molecule has 10 rings (SSSR count). The van der Waals surface area contributed by atoms with Gasteiger partial charge >= 0.3 is 0 Å². The highest BCUT2D eigenvalue weighted by atomic mass is 16.5. The van der Waals surface area contributed by atoms with Crippen LogP contribution in [0.25, 0.3) is 44.4 Å². The van der Waals surface area contributed by atoms with E-state index in [1.807, 2.05) is 6.20 Å². The molecule has 0 unspecified atom stereocenters. The average molecular weight is 863 g/mol. The molecule has 0 aliphatic carbocycles. The quantitative estimate of drug-likeness (QED) is 0.145. The van der Waals surface area contributed by atoms with Crippen LogP contribution in [0.2, 0.25) is 0 Å². The van der Waals surface area contributed by atoms with E-state index in [0.717, 1.165) is 62.1 Å². The first-order chi connectivity index (χ1) is 31.7. The van der Waals surface area contributed by atoms with Gasteiger partial charge in [-0.15, -0.1) is 0 Å². The van der Waals surface area contributed by atoms with Crippen LogP contribution in [0.1, 0.15) is 83.2 Å². The molecule has 1 aliphatic rings. The van der Waals surface area contributed by atoms with E-state index in [-0.39, 0.29) is 16.2 Å². The summed E-state index contributed by atoms with van der Waals surface area (Å²) < 4.78 is 9.49. The molecule has 66 heavy (non-hydrogen) atoms. The van der Waals surface area contributed by atoms with E-state index >= 15 is 0 Å². The first-order valence-corrected chi connectivity index (χ1v) is 23.1. The van der Waals surface area contributed by atoms with Gasteiger partial charge in [0.25, 0.3) is 0 Å². The minimum atomic E-state index is -0.185. The summed E-state index contributed by atoms with van der Waals surface area (Å²) in [6.45, 7) is 18.9. The zero-order valence-electron chi connectivity index (χ0n) is 39.4. The molecule has 0 saturated carbocycles. The number of rotatable bonds is 9. The van der Waals surface area contributed by atoms with Crippen molar-refractivity contribution in [1.29, 1.82) is 0 Å². The van der Waals surface area contributed by atoms with Crippen molar-refractivity contribution < 1.29 is 4.74 Å². The summed E-state index contributed by atoms with van der Waals surface area (Å²) in [5.41, 5.74) is 13.5. The Hall–Kier alpha value is -7.37. The second-order valence-corrected chi connectivity index (χ2v) is 20.3. The Balaban J connectivity index is 1.10. The fourth-order valence-corrected chi connectivity index (χ4v) is 9.50. The van der Waals surface area contributed by atoms with Gasteiger partial charge in [0.2, 0.25) is 0 Å². The molecule has 0 bridgehead atoms. The molecule has 1 aliphatic heterocycles. The fourth-order valence-electron chi connectivity index (χ4n) is 9.50. The number of hydrogen-bond acceptors (Lipinski definition) is 4. The molecule has 3 heterocycles. The number of fused-ring (bicyclic) bond motifs is 3. The van der Waals surface area contributed by atoms with Crippen LogP contribution < -0.4 is 14.5 Å². The monoisotopic (exact) mass is 862 g/mol. The largest absolute Gasteiger partial charge is 0.457 e. The van der Waals surface area contributed by atoms with Gasteiger partial charge in [-0.3, -0.25) is 4.57 Å². The van der Waals surface area contributed by atoms with Gasteiger partial charge in [0, 0.05) is 52.1 Å². The summed E-state index contributed by atoms with van der Waals surface area (Å²) in [7, 11) is 0. The zero-order chi connectivity index (χ0) is 45.8. The number of nitrogens with zero attached hydrogens (tertiary/aromatic N) is 4. The third-order valence-electron chi connectivity index (χ3n) is 13.3. The summed E-state index contributed by atoms with van der Waals surface area (Å²) >= 11 is 0. The third-order valence-corrected chi connectivity index (χ3v) is 13.3. The van der Waals surface area contributed by atoms with Crippen molar-refractivity contribution in [2.75, 3.05) is 16.5 Å². The van der Waals surface area contributed by atoms with Crippen LogP contribution in [-0.2, 0) is 16.2 Å². The zero-order valence-corrected chi connectivity index (χ0v) is 39.4. The minimum Gasteiger partial charge on any atom is -0.457 e. The molecule has 0 N–H and O–H groups in total. The highest BCUT2D eigenvalue weighted by Crippen LogP contribution is 2.44. The topological polar surface area (TPSA) is 33.5 Å². The van der Waals surface area contributed by atoms with E-state index in [0.29, 0.717) is 6.67 Å². The van der Waals surface area contributed by atoms with Crippen LogP contribution in [-0.4, -0.2) is 16.2 Å². The SMILES string of the molecule is CC(C)(C)c1ccnc(-n2c3ccccc3c3c(C(C)(C)C)cc(Oc4cc(-c5ccccc5)cc(N5C=C(c6ccccc6)N(c6cccc(C(C)(C)c7ccccc7)c6)C5)c4)cc32)c1. The number of pyridine rings is 1. The van der Waals surface area contributed by atoms with Gasteiger partial charge in [-0.25, -0.2) is 4.98 Å². The number of benzene rings is 7. The Morgan fingerprint density at radius 3 is 1.85 bits per heavy atom.